The van der Waals surface area contributed by atoms with Crippen LogP contribution in [0.5, 0.6) is 0 Å². The maximum absolute atomic E-state index is 14.3. The number of nitrogens with two attached hydrogens (primary N) is 2. The van der Waals surface area contributed by atoms with Crippen LogP contribution in [0.15, 0.2) is 54.6 Å². The molecule has 1 saturated carbocycles. The highest BCUT2D eigenvalue weighted by Gasteiger charge is 2.28. The molecule has 8 nitrogen and oxygen atoms in total. The van der Waals surface area contributed by atoms with Gasteiger partial charge in [0.2, 0.25) is 11.7 Å². The fraction of sp³-hybridized carbons (Fsp3) is 0.310. The number of carbonyl (C=O) groups is 1. The standard InChI is InChI=1S/C29H29FN6O2/c30-21-11-7-10-20(18-21)27-35-25-26(32)33-24(14-17-29(38)15-5-2-6-16-29)34-28(25)36(27)22(12-13-23(31)37)19-8-3-1-4-9-19/h1,3-4,7-11,18,22,38H,2,5-6,12-13,15-16H2,(H2,31,37)(H2,32,33,34). The number of rotatable bonds is 6. The number of hydrogen-bond donors (Lipinski definition) is 3. The van der Waals surface area contributed by atoms with Crippen molar-refractivity contribution in [1.82, 2.24) is 19.5 Å². The van der Waals surface area contributed by atoms with E-state index in [1.54, 1.807) is 12.1 Å². The van der Waals surface area contributed by atoms with Gasteiger partial charge in [-0.15, -0.1) is 0 Å². The van der Waals surface area contributed by atoms with Gasteiger partial charge in [0, 0.05) is 12.0 Å². The second kappa shape index (κ2) is 10.6. The van der Waals surface area contributed by atoms with Crippen LogP contribution in [0.25, 0.3) is 22.6 Å². The van der Waals surface area contributed by atoms with Crippen LogP contribution in [0.3, 0.4) is 0 Å². The van der Waals surface area contributed by atoms with Crippen LogP contribution < -0.4 is 11.5 Å². The molecule has 5 rings (SSSR count). The summed E-state index contributed by atoms with van der Waals surface area (Å²) < 4.78 is 16.1. The quantitative estimate of drug-likeness (QED) is 0.333. The minimum atomic E-state index is -1.08. The van der Waals surface area contributed by atoms with Crippen LogP contribution in [0.2, 0.25) is 0 Å². The molecule has 0 saturated heterocycles. The number of aliphatic hydroxyl groups is 1. The number of anilines is 1. The van der Waals surface area contributed by atoms with Gasteiger partial charge in [-0.2, -0.15) is 0 Å². The van der Waals surface area contributed by atoms with Crippen LogP contribution >= 0.6 is 0 Å². The van der Waals surface area contributed by atoms with Crippen LogP contribution in [0, 0.1) is 17.7 Å². The summed E-state index contributed by atoms with van der Waals surface area (Å²) in [6, 6.07) is 15.3. The van der Waals surface area contributed by atoms with Crippen molar-refractivity contribution in [3.8, 4) is 23.2 Å². The predicted molar refractivity (Wildman–Crippen MR) is 143 cm³/mol. The molecular formula is C29H29FN6O2. The number of hydrogen-bond acceptors (Lipinski definition) is 6. The molecule has 9 heteroatoms. The maximum Gasteiger partial charge on any atom is 0.217 e. The van der Waals surface area contributed by atoms with E-state index in [1.165, 1.54) is 12.1 Å². The van der Waals surface area contributed by atoms with Crippen molar-refractivity contribution in [3.05, 3.63) is 71.8 Å². The van der Waals surface area contributed by atoms with Gasteiger partial charge in [0.25, 0.3) is 0 Å². The number of benzene rings is 2. The van der Waals surface area contributed by atoms with E-state index in [0.717, 1.165) is 24.8 Å². The normalized spacial score (nSPS) is 15.5. The van der Waals surface area contributed by atoms with E-state index in [1.807, 2.05) is 34.9 Å². The monoisotopic (exact) mass is 512 g/mol. The summed E-state index contributed by atoms with van der Waals surface area (Å²) in [5, 5.41) is 10.9. The smallest absolute Gasteiger partial charge is 0.217 e. The number of primary amides is 1. The van der Waals surface area contributed by atoms with Crippen LogP contribution in [0.1, 0.15) is 62.4 Å². The minimum Gasteiger partial charge on any atom is -0.382 e. The summed E-state index contributed by atoms with van der Waals surface area (Å²) in [6.07, 6.45) is 4.57. The molecule has 2 aromatic heterocycles. The van der Waals surface area contributed by atoms with Gasteiger partial charge in [0.05, 0.1) is 6.04 Å². The zero-order chi connectivity index (χ0) is 26.7. The number of nitrogen functional groups attached to an aromatic ring is 1. The Morgan fingerprint density at radius 2 is 1.84 bits per heavy atom. The number of nitrogens with zero attached hydrogens (tertiary/aromatic N) is 4. The van der Waals surface area contributed by atoms with Crippen molar-refractivity contribution < 1.29 is 14.3 Å². The van der Waals surface area contributed by atoms with E-state index >= 15 is 0 Å². The molecular weight excluding hydrogens is 483 g/mol. The molecule has 2 heterocycles. The Hall–Kier alpha value is -4.29. The van der Waals surface area contributed by atoms with Crippen LogP contribution in [-0.4, -0.2) is 36.1 Å². The average Bonchev–Trinajstić information content (AvgIpc) is 3.29. The number of imidazole rings is 1. The summed E-state index contributed by atoms with van der Waals surface area (Å²) in [5.41, 5.74) is 12.9. The topological polar surface area (TPSA) is 133 Å². The van der Waals surface area contributed by atoms with Crippen molar-refractivity contribution >= 4 is 22.9 Å². The molecule has 194 valence electrons. The summed E-state index contributed by atoms with van der Waals surface area (Å²) in [7, 11) is 0. The predicted octanol–water partition coefficient (Wildman–Crippen LogP) is 4.12. The SMILES string of the molecule is NC(=O)CCC(c1ccccc1)n1c(-c2cccc(F)c2)nc2c(N)nc(C#CC3(O)CCCCC3)nc21. The summed E-state index contributed by atoms with van der Waals surface area (Å²) in [6.45, 7) is 0. The van der Waals surface area contributed by atoms with E-state index in [4.69, 9.17) is 21.4 Å². The highest BCUT2D eigenvalue weighted by molar-refractivity contribution is 5.86. The highest BCUT2D eigenvalue weighted by Crippen LogP contribution is 2.35. The van der Waals surface area contributed by atoms with Gasteiger partial charge < -0.3 is 21.1 Å². The van der Waals surface area contributed by atoms with Gasteiger partial charge in [-0.3, -0.25) is 4.79 Å². The van der Waals surface area contributed by atoms with Gasteiger partial charge >= 0.3 is 0 Å². The lowest BCUT2D eigenvalue weighted by Crippen LogP contribution is -2.29. The Bertz CT molecular complexity index is 1530. The van der Waals surface area contributed by atoms with E-state index in [-0.39, 0.29) is 18.1 Å². The third-order valence-electron chi connectivity index (χ3n) is 6.90. The molecule has 1 aliphatic rings. The number of carbonyl (C=O) groups excluding carboxylic acids is 1. The van der Waals surface area contributed by atoms with Gasteiger partial charge in [-0.25, -0.2) is 19.3 Å². The minimum absolute atomic E-state index is 0.113. The second-order valence-electron chi connectivity index (χ2n) is 9.69. The zero-order valence-electron chi connectivity index (χ0n) is 20.9. The third kappa shape index (κ3) is 5.36. The number of fused-ring (bicyclic) bond motifs is 1. The highest BCUT2D eigenvalue weighted by atomic mass is 19.1. The van der Waals surface area contributed by atoms with E-state index in [9.17, 15) is 14.3 Å². The van der Waals surface area contributed by atoms with Crippen molar-refractivity contribution in [3.63, 3.8) is 0 Å². The van der Waals surface area contributed by atoms with E-state index < -0.39 is 23.4 Å². The Kier molecular flexibility index (Phi) is 7.07. The lowest BCUT2D eigenvalue weighted by molar-refractivity contribution is -0.118. The average molecular weight is 513 g/mol. The molecule has 5 N–H and O–H groups in total. The van der Waals surface area contributed by atoms with E-state index in [2.05, 4.69) is 16.8 Å². The Balaban J connectivity index is 1.73. The molecule has 0 spiro atoms. The maximum atomic E-state index is 14.3. The number of aromatic nitrogens is 4. The van der Waals surface area contributed by atoms with Crippen molar-refractivity contribution in [1.29, 1.82) is 0 Å². The van der Waals surface area contributed by atoms with Crippen molar-refractivity contribution in [2.45, 2.75) is 56.6 Å². The van der Waals surface area contributed by atoms with Gasteiger partial charge in [0.15, 0.2) is 17.0 Å². The lowest BCUT2D eigenvalue weighted by Gasteiger charge is -2.26. The van der Waals surface area contributed by atoms with E-state index in [0.29, 0.717) is 41.8 Å². The van der Waals surface area contributed by atoms with Crippen molar-refractivity contribution in [2.24, 2.45) is 5.73 Å². The molecule has 38 heavy (non-hydrogen) atoms. The van der Waals surface area contributed by atoms with Gasteiger partial charge in [-0.05, 0) is 55.7 Å². The summed E-state index contributed by atoms with van der Waals surface area (Å²) >= 11 is 0. The largest absolute Gasteiger partial charge is 0.382 e. The Morgan fingerprint density at radius 3 is 2.55 bits per heavy atom. The first-order valence-electron chi connectivity index (χ1n) is 12.7. The Labute approximate surface area is 219 Å². The molecule has 4 aromatic rings. The molecule has 1 amide bonds. The number of amides is 1. The van der Waals surface area contributed by atoms with Gasteiger partial charge in [0.1, 0.15) is 17.2 Å². The third-order valence-corrected chi connectivity index (χ3v) is 6.90. The number of halogens is 1. The summed E-state index contributed by atoms with van der Waals surface area (Å²) in [4.78, 5) is 25.6. The molecule has 0 radical (unpaired) electrons. The van der Waals surface area contributed by atoms with Crippen molar-refractivity contribution in [2.75, 3.05) is 5.73 Å². The first kappa shape index (κ1) is 25.4. The first-order valence-corrected chi connectivity index (χ1v) is 12.7. The second-order valence-corrected chi connectivity index (χ2v) is 9.69. The first-order chi connectivity index (χ1) is 18.3. The Morgan fingerprint density at radius 1 is 1.08 bits per heavy atom. The molecule has 0 bridgehead atoms. The molecule has 1 atom stereocenters. The fourth-order valence-electron chi connectivity index (χ4n) is 5.01. The van der Waals surface area contributed by atoms with Crippen LogP contribution in [0.4, 0.5) is 10.2 Å². The molecule has 0 aliphatic heterocycles. The lowest BCUT2D eigenvalue weighted by atomic mass is 9.85. The summed E-state index contributed by atoms with van der Waals surface area (Å²) in [5.74, 6) is 5.72. The zero-order valence-corrected chi connectivity index (χ0v) is 20.9. The van der Waals surface area contributed by atoms with Gasteiger partial charge in [-0.1, -0.05) is 54.8 Å². The molecule has 1 aliphatic carbocycles. The molecule has 2 aromatic carbocycles. The molecule has 1 fully saturated rings. The van der Waals surface area contributed by atoms with Crippen LogP contribution in [-0.2, 0) is 4.79 Å². The fourth-order valence-corrected chi connectivity index (χ4v) is 5.01. The molecule has 1 unspecified atom stereocenters.